The predicted molar refractivity (Wildman–Crippen MR) is 252 cm³/mol. The Kier molecular flexibility index (Phi) is 43.3. The highest BCUT2D eigenvalue weighted by Gasteiger charge is 2.19. The van der Waals surface area contributed by atoms with Crippen molar-refractivity contribution in [3.05, 3.63) is 0 Å². The molecule has 0 fully saturated rings. The summed E-state index contributed by atoms with van der Waals surface area (Å²) in [5.41, 5.74) is 0. The molecule has 0 unspecified atom stereocenters. The molecule has 0 aromatic rings. The molecule has 59 heavy (non-hydrogen) atoms. The Morgan fingerprint density at radius 1 is 0.288 bits per heavy atom. The number of hydrogen-bond acceptors (Lipinski definition) is 6. The standard InChI is InChI=1S/C53H102O6/c1-47(2)39-33-27-21-15-11-9-7-8-10-12-18-26-32-38-44-53(56)59-50(46-58-52(55)43-37-31-25-20-19-23-29-35-41-49(5)6)45-57-51(54)42-36-30-24-17-14-13-16-22-28-34-40-48(3)4/h47-50H,7-46H2,1-6H3/t50-/m1/s1. The van der Waals surface area contributed by atoms with Crippen molar-refractivity contribution in [1.82, 2.24) is 0 Å². The molecule has 0 heterocycles. The van der Waals surface area contributed by atoms with E-state index in [9.17, 15) is 14.4 Å². The molecule has 0 aliphatic carbocycles. The highest BCUT2D eigenvalue weighted by Crippen LogP contribution is 2.18. The molecule has 1 atom stereocenters. The number of ether oxygens (including phenoxy) is 3. The Morgan fingerprint density at radius 2 is 0.492 bits per heavy atom. The van der Waals surface area contributed by atoms with Crippen LogP contribution in [0, 0.1) is 17.8 Å². The number of carbonyl (C=O) groups is 3. The lowest BCUT2D eigenvalue weighted by molar-refractivity contribution is -0.167. The van der Waals surface area contributed by atoms with Crippen LogP contribution >= 0.6 is 0 Å². The number of unbranched alkanes of at least 4 members (excludes halogenated alkanes) is 29. The lowest BCUT2D eigenvalue weighted by Crippen LogP contribution is -2.30. The highest BCUT2D eigenvalue weighted by atomic mass is 16.6. The van der Waals surface area contributed by atoms with Crippen LogP contribution in [0.2, 0.25) is 0 Å². The summed E-state index contributed by atoms with van der Waals surface area (Å²) in [7, 11) is 0. The molecule has 0 aliphatic heterocycles. The second kappa shape index (κ2) is 44.5. The van der Waals surface area contributed by atoms with E-state index in [1.54, 1.807) is 0 Å². The van der Waals surface area contributed by atoms with E-state index in [4.69, 9.17) is 14.2 Å². The fourth-order valence-corrected chi connectivity index (χ4v) is 7.94. The normalized spacial score (nSPS) is 12.2. The van der Waals surface area contributed by atoms with E-state index in [0.29, 0.717) is 19.3 Å². The summed E-state index contributed by atoms with van der Waals surface area (Å²) in [6.07, 6.45) is 43.8. The van der Waals surface area contributed by atoms with Crippen LogP contribution in [-0.4, -0.2) is 37.2 Å². The molecule has 6 heteroatoms. The largest absolute Gasteiger partial charge is 0.462 e. The van der Waals surface area contributed by atoms with Gasteiger partial charge in [0.05, 0.1) is 0 Å². The van der Waals surface area contributed by atoms with Crippen LogP contribution in [0.3, 0.4) is 0 Å². The van der Waals surface area contributed by atoms with Crippen LogP contribution in [0.4, 0.5) is 0 Å². The number of esters is 3. The average molecular weight is 835 g/mol. The average Bonchev–Trinajstić information content (AvgIpc) is 3.19. The van der Waals surface area contributed by atoms with E-state index >= 15 is 0 Å². The Bertz CT molecular complexity index is 914. The van der Waals surface area contributed by atoms with Crippen molar-refractivity contribution in [2.24, 2.45) is 17.8 Å². The van der Waals surface area contributed by atoms with Crippen molar-refractivity contribution < 1.29 is 28.6 Å². The van der Waals surface area contributed by atoms with Gasteiger partial charge in [0.15, 0.2) is 6.10 Å². The molecular weight excluding hydrogens is 733 g/mol. The first-order chi connectivity index (χ1) is 28.6. The van der Waals surface area contributed by atoms with E-state index in [-0.39, 0.29) is 31.1 Å². The number of hydrogen-bond donors (Lipinski definition) is 0. The Labute approximate surface area is 368 Å². The van der Waals surface area contributed by atoms with Gasteiger partial charge < -0.3 is 14.2 Å². The minimum absolute atomic E-state index is 0.0650. The van der Waals surface area contributed by atoms with Crippen LogP contribution in [0.15, 0.2) is 0 Å². The molecule has 0 amide bonds. The van der Waals surface area contributed by atoms with Gasteiger partial charge in [-0.15, -0.1) is 0 Å². The first-order valence-corrected chi connectivity index (χ1v) is 26.1. The van der Waals surface area contributed by atoms with Crippen LogP contribution < -0.4 is 0 Å². The Morgan fingerprint density at radius 3 is 0.729 bits per heavy atom. The molecule has 0 radical (unpaired) electrons. The van der Waals surface area contributed by atoms with E-state index in [1.165, 1.54) is 167 Å². The van der Waals surface area contributed by atoms with Crippen LogP contribution in [-0.2, 0) is 28.6 Å². The topological polar surface area (TPSA) is 78.9 Å². The molecule has 6 nitrogen and oxygen atoms in total. The summed E-state index contributed by atoms with van der Waals surface area (Å²) in [6, 6.07) is 0. The van der Waals surface area contributed by atoms with Crippen molar-refractivity contribution in [2.45, 2.75) is 292 Å². The van der Waals surface area contributed by atoms with Gasteiger partial charge in [0, 0.05) is 19.3 Å². The lowest BCUT2D eigenvalue weighted by Gasteiger charge is -2.18. The molecule has 0 bridgehead atoms. The predicted octanol–water partition coefficient (Wildman–Crippen LogP) is 16.8. The maximum atomic E-state index is 12.8. The van der Waals surface area contributed by atoms with Crippen molar-refractivity contribution in [3.63, 3.8) is 0 Å². The molecular formula is C53H102O6. The summed E-state index contributed by atoms with van der Waals surface area (Å²) in [4.78, 5) is 37.9. The monoisotopic (exact) mass is 835 g/mol. The molecule has 0 aromatic heterocycles. The molecule has 0 spiro atoms. The molecule has 0 rings (SSSR count). The van der Waals surface area contributed by atoms with E-state index in [2.05, 4.69) is 41.5 Å². The molecule has 0 aromatic carbocycles. The zero-order valence-electron chi connectivity index (χ0n) is 40.5. The van der Waals surface area contributed by atoms with E-state index in [0.717, 1.165) is 75.5 Å². The van der Waals surface area contributed by atoms with Gasteiger partial charge >= 0.3 is 17.9 Å². The molecule has 0 N–H and O–H groups in total. The van der Waals surface area contributed by atoms with Gasteiger partial charge in [-0.1, -0.05) is 247 Å². The SMILES string of the molecule is CC(C)CCCCCCCCCCCCCCCCC(=O)O[C@H](COC(=O)CCCCCCCCCCCCC(C)C)COC(=O)CCCCCCCCCCC(C)C. The molecule has 350 valence electrons. The number of carbonyl (C=O) groups excluding carboxylic acids is 3. The minimum atomic E-state index is -0.763. The van der Waals surface area contributed by atoms with E-state index in [1.807, 2.05) is 0 Å². The molecule has 0 saturated heterocycles. The molecule has 0 aliphatic rings. The Hall–Kier alpha value is -1.59. The summed E-state index contributed by atoms with van der Waals surface area (Å²) < 4.78 is 16.8. The maximum Gasteiger partial charge on any atom is 0.306 e. The number of rotatable bonds is 46. The van der Waals surface area contributed by atoms with Gasteiger partial charge in [0.1, 0.15) is 13.2 Å². The third-order valence-corrected chi connectivity index (χ3v) is 11.9. The lowest BCUT2D eigenvalue weighted by atomic mass is 10.0. The van der Waals surface area contributed by atoms with Crippen molar-refractivity contribution in [2.75, 3.05) is 13.2 Å². The van der Waals surface area contributed by atoms with Gasteiger partial charge in [-0.25, -0.2) is 0 Å². The summed E-state index contributed by atoms with van der Waals surface area (Å²) in [6.45, 7) is 13.7. The van der Waals surface area contributed by atoms with Crippen molar-refractivity contribution >= 4 is 17.9 Å². The quantitative estimate of drug-likeness (QED) is 0.0345. The van der Waals surface area contributed by atoms with Crippen LogP contribution in [0.1, 0.15) is 286 Å². The fraction of sp³-hybridized carbons (Fsp3) is 0.943. The van der Waals surface area contributed by atoms with Crippen LogP contribution in [0.25, 0.3) is 0 Å². The third-order valence-electron chi connectivity index (χ3n) is 11.9. The van der Waals surface area contributed by atoms with E-state index < -0.39 is 6.10 Å². The van der Waals surface area contributed by atoms with Gasteiger partial charge in [0.25, 0.3) is 0 Å². The van der Waals surface area contributed by atoms with Gasteiger partial charge in [-0.2, -0.15) is 0 Å². The van der Waals surface area contributed by atoms with Gasteiger partial charge in [-0.05, 0) is 37.0 Å². The fourth-order valence-electron chi connectivity index (χ4n) is 7.94. The summed E-state index contributed by atoms with van der Waals surface area (Å²) in [5, 5.41) is 0. The zero-order valence-corrected chi connectivity index (χ0v) is 40.5. The first-order valence-electron chi connectivity index (χ1n) is 26.1. The second-order valence-electron chi connectivity index (χ2n) is 19.6. The second-order valence-corrected chi connectivity index (χ2v) is 19.6. The Balaban J connectivity index is 4.30. The van der Waals surface area contributed by atoms with Gasteiger partial charge in [0.2, 0.25) is 0 Å². The summed E-state index contributed by atoms with van der Waals surface area (Å²) in [5.74, 6) is 1.60. The smallest absolute Gasteiger partial charge is 0.306 e. The van der Waals surface area contributed by atoms with Gasteiger partial charge in [-0.3, -0.25) is 14.4 Å². The summed E-state index contributed by atoms with van der Waals surface area (Å²) >= 11 is 0. The van der Waals surface area contributed by atoms with Crippen molar-refractivity contribution in [1.29, 1.82) is 0 Å². The van der Waals surface area contributed by atoms with Crippen molar-refractivity contribution in [3.8, 4) is 0 Å². The highest BCUT2D eigenvalue weighted by molar-refractivity contribution is 5.71. The first kappa shape index (κ1) is 57.4. The minimum Gasteiger partial charge on any atom is -0.462 e. The van der Waals surface area contributed by atoms with Crippen LogP contribution in [0.5, 0.6) is 0 Å². The zero-order chi connectivity index (χ0) is 43.4. The maximum absolute atomic E-state index is 12.8. The molecule has 0 saturated carbocycles. The third kappa shape index (κ3) is 47.3.